The van der Waals surface area contributed by atoms with Crippen molar-refractivity contribution in [2.45, 2.75) is 25.4 Å². The highest BCUT2D eigenvalue weighted by molar-refractivity contribution is 5.85. The van der Waals surface area contributed by atoms with Crippen LogP contribution in [0.1, 0.15) is 28.4 Å². The van der Waals surface area contributed by atoms with Gasteiger partial charge in [0.2, 0.25) is 0 Å². The lowest BCUT2D eigenvalue weighted by atomic mass is 9.87. The molecular formula is C21H23ClN2O2. The fraction of sp³-hybridized carbons (Fsp3) is 0.333. The van der Waals surface area contributed by atoms with Crippen molar-refractivity contribution < 1.29 is 9.47 Å². The standard InChI is InChI=1S/C21H22N2O2.ClH/c1-24-19-10-13-9-18-21-16(15-5-3-4-6-17(15)22-21)7-8-23(18)12-14(13)11-20(19)25-2;/h3-6,10-11,18,22H,7-9,12H2,1-2H3;1H/t18-;/m0./s1. The second-order valence-corrected chi connectivity index (χ2v) is 6.98. The van der Waals surface area contributed by atoms with Crippen LogP contribution in [0.2, 0.25) is 0 Å². The summed E-state index contributed by atoms with van der Waals surface area (Å²) >= 11 is 0. The van der Waals surface area contributed by atoms with Crippen molar-refractivity contribution in [2.24, 2.45) is 0 Å². The molecule has 0 spiro atoms. The van der Waals surface area contributed by atoms with Crippen LogP contribution in [0.5, 0.6) is 11.5 Å². The molecule has 1 N–H and O–H groups in total. The lowest BCUT2D eigenvalue weighted by molar-refractivity contribution is 0.158. The summed E-state index contributed by atoms with van der Waals surface area (Å²) < 4.78 is 11.0. The van der Waals surface area contributed by atoms with Gasteiger partial charge in [0, 0.05) is 29.7 Å². The number of nitrogens with one attached hydrogen (secondary N) is 1. The number of halogens is 1. The molecular weight excluding hydrogens is 348 g/mol. The number of hydrogen-bond acceptors (Lipinski definition) is 3. The number of para-hydroxylation sites is 1. The molecule has 5 rings (SSSR count). The maximum absolute atomic E-state index is 5.51. The van der Waals surface area contributed by atoms with Gasteiger partial charge in [0.25, 0.3) is 0 Å². The molecule has 1 atom stereocenters. The first-order valence-electron chi connectivity index (χ1n) is 8.86. The Bertz CT molecular complexity index is 966. The molecule has 0 saturated carbocycles. The second-order valence-electron chi connectivity index (χ2n) is 6.98. The zero-order chi connectivity index (χ0) is 17.0. The monoisotopic (exact) mass is 370 g/mol. The Labute approximate surface area is 159 Å². The number of hydrogen-bond donors (Lipinski definition) is 1. The molecule has 3 heterocycles. The third-order valence-electron chi connectivity index (χ3n) is 5.76. The van der Waals surface area contributed by atoms with Crippen LogP contribution in [0.15, 0.2) is 36.4 Å². The molecule has 2 aliphatic rings. The Morgan fingerprint density at radius 2 is 1.77 bits per heavy atom. The van der Waals surface area contributed by atoms with E-state index in [0.29, 0.717) is 6.04 Å². The quantitative estimate of drug-likeness (QED) is 0.732. The molecule has 5 heteroatoms. The van der Waals surface area contributed by atoms with Crippen molar-refractivity contribution in [1.29, 1.82) is 0 Å². The molecule has 0 saturated heterocycles. The van der Waals surface area contributed by atoms with Gasteiger partial charge in [0.1, 0.15) is 0 Å². The number of fused-ring (bicyclic) bond motifs is 6. The van der Waals surface area contributed by atoms with Gasteiger partial charge in [-0.25, -0.2) is 0 Å². The summed E-state index contributed by atoms with van der Waals surface area (Å²) in [6.45, 7) is 2.07. The smallest absolute Gasteiger partial charge is 0.161 e. The molecule has 0 amide bonds. The van der Waals surface area contributed by atoms with Crippen molar-refractivity contribution in [3.05, 3.63) is 58.8 Å². The molecule has 0 aliphatic carbocycles. The highest BCUT2D eigenvalue weighted by Gasteiger charge is 2.34. The van der Waals surface area contributed by atoms with Crippen molar-refractivity contribution in [2.75, 3.05) is 20.8 Å². The van der Waals surface area contributed by atoms with Gasteiger partial charge in [-0.2, -0.15) is 0 Å². The highest BCUT2D eigenvalue weighted by atomic mass is 35.5. The molecule has 1 aromatic heterocycles. The summed E-state index contributed by atoms with van der Waals surface area (Å²) in [7, 11) is 3.41. The molecule has 2 aliphatic heterocycles. The van der Waals surface area contributed by atoms with Gasteiger partial charge >= 0.3 is 0 Å². The number of rotatable bonds is 2. The van der Waals surface area contributed by atoms with Crippen molar-refractivity contribution in [3.8, 4) is 11.5 Å². The minimum atomic E-state index is 0. The summed E-state index contributed by atoms with van der Waals surface area (Å²) in [5.41, 5.74) is 6.87. The molecule has 136 valence electrons. The molecule has 26 heavy (non-hydrogen) atoms. The number of H-pyrrole nitrogens is 1. The summed E-state index contributed by atoms with van der Waals surface area (Å²) in [5.74, 6) is 1.64. The minimum absolute atomic E-state index is 0. The van der Waals surface area contributed by atoms with E-state index in [0.717, 1.165) is 37.4 Å². The van der Waals surface area contributed by atoms with Gasteiger partial charge in [-0.3, -0.25) is 4.90 Å². The Kier molecular flexibility index (Phi) is 4.33. The van der Waals surface area contributed by atoms with E-state index in [2.05, 4.69) is 46.3 Å². The average molecular weight is 371 g/mol. The van der Waals surface area contributed by atoms with E-state index >= 15 is 0 Å². The van der Waals surface area contributed by atoms with Crippen molar-refractivity contribution in [3.63, 3.8) is 0 Å². The van der Waals surface area contributed by atoms with Crippen LogP contribution >= 0.6 is 12.4 Å². The van der Waals surface area contributed by atoms with Gasteiger partial charge in [-0.15, -0.1) is 12.4 Å². The lowest BCUT2D eigenvalue weighted by Gasteiger charge is -2.40. The number of aromatic amines is 1. The van der Waals surface area contributed by atoms with Crippen LogP contribution in [0.4, 0.5) is 0 Å². The first kappa shape index (κ1) is 17.3. The minimum Gasteiger partial charge on any atom is -0.493 e. The number of methoxy groups -OCH3 is 2. The van der Waals surface area contributed by atoms with E-state index in [1.54, 1.807) is 14.2 Å². The third kappa shape index (κ3) is 2.48. The lowest BCUT2D eigenvalue weighted by Crippen LogP contribution is -2.39. The number of benzene rings is 2. The molecule has 4 nitrogen and oxygen atoms in total. The molecule has 0 radical (unpaired) electrons. The van der Waals surface area contributed by atoms with Gasteiger partial charge in [-0.05, 0) is 47.7 Å². The summed E-state index contributed by atoms with van der Waals surface area (Å²) in [6, 6.07) is 13.4. The topological polar surface area (TPSA) is 37.5 Å². The summed E-state index contributed by atoms with van der Waals surface area (Å²) in [5, 5.41) is 1.38. The van der Waals surface area contributed by atoms with E-state index in [4.69, 9.17) is 9.47 Å². The first-order chi connectivity index (χ1) is 12.3. The molecule has 2 aromatic carbocycles. The summed E-state index contributed by atoms with van der Waals surface area (Å²) in [4.78, 5) is 6.29. The zero-order valence-electron chi connectivity index (χ0n) is 15.0. The van der Waals surface area contributed by atoms with Gasteiger partial charge in [0.05, 0.1) is 20.3 Å². The van der Waals surface area contributed by atoms with E-state index in [9.17, 15) is 0 Å². The normalized spacial score (nSPS) is 18.5. The zero-order valence-corrected chi connectivity index (χ0v) is 15.9. The SMILES string of the molecule is COc1cc2c(cc1OC)CN1CCc3c([nH]c4ccccc34)[C@@H]1C2.Cl. The van der Waals surface area contributed by atoms with E-state index in [-0.39, 0.29) is 12.4 Å². The Morgan fingerprint density at radius 1 is 1.04 bits per heavy atom. The second kappa shape index (κ2) is 6.53. The van der Waals surface area contributed by atoms with Crippen LogP contribution in [-0.4, -0.2) is 30.6 Å². The average Bonchev–Trinajstić information content (AvgIpc) is 3.04. The number of nitrogens with zero attached hydrogens (tertiary/aromatic N) is 1. The van der Waals surface area contributed by atoms with E-state index < -0.39 is 0 Å². The molecule has 3 aromatic rings. The van der Waals surface area contributed by atoms with E-state index in [1.165, 1.54) is 33.3 Å². The summed E-state index contributed by atoms with van der Waals surface area (Å²) in [6.07, 6.45) is 2.12. The number of aromatic nitrogens is 1. The number of ether oxygens (including phenoxy) is 2. The van der Waals surface area contributed by atoms with Gasteiger partial charge in [0.15, 0.2) is 11.5 Å². The fourth-order valence-electron chi connectivity index (χ4n) is 4.52. The van der Waals surface area contributed by atoms with Crippen LogP contribution in [0.25, 0.3) is 10.9 Å². The first-order valence-corrected chi connectivity index (χ1v) is 8.86. The third-order valence-corrected chi connectivity index (χ3v) is 5.76. The maximum Gasteiger partial charge on any atom is 0.161 e. The largest absolute Gasteiger partial charge is 0.493 e. The van der Waals surface area contributed by atoms with Crippen LogP contribution in [0.3, 0.4) is 0 Å². The molecule has 0 fully saturated rings. The van der Waals surface area contributed by atoms with E-state index in [1.807, 2.05) is 0 Å². The molecule has 0 unspecified atom stereocenters. The predicted molar refractivity (Wildman–Crippen MR) is 106 cm³/mol. The van der Waals surface area contributed by atoms with Crippen molar-refractivity contribution in [1.82, 2.24) is 9.88 Å². The maximum atomic E-state index is 5.51. The van der Waals surface area contributed by atoms with Crippen molar-refractivity contribution >= 4 is 23.3 Å². The fourth-order valence-corrected chi connectivity index (χ4v) is 4.52. The van der Waals surface area contributed by atoms with Gasteiger partial charge in [-0.1, -0.05) is 18.2 Å². The molecule has 0 bridgehead atoms. The Balaban J connectivity index is 0.00000168. The Morgan fingerprint density at radius 3 is 2.54 bits per heavy atom. The Hall–Kier alpha value is -2.17. The van der Waals surface area contributed by atoms with Gasteiger partial charge < -0.3 is 14.5 Å². The van der Waals surface area contributed by atoms with Crippen LogP contribution in [0, 0.1) is 0 Å². The predicted octanol–water partition coefficient (Wildman–Crippen LogP) is 4.26. The highest BCUT2D eigenvalue weighted by Crippen LogP contribution is 2.42. The van der Waals surface area contributed by atoms with Crippen LogP contribution < -0.4 is 9.47 Å². The van der Waals surface area contributed by atoms with Crippen LogP contribution in [-0.2, 0) is 19.4 Å².